The van der Waals surface area contributed by atoms with Crippen molar-refractivity contribution in [3.63, 3.8) is 0 Å². The molecule has 1 saturated carbocycles. The number of nitrogens with one attached hydrogen (secondary N) is 1. The van der Waals surface area contributed by atoms with Crippen LogP contribution in [0.4, 0.5) is 5.69 Å². The number of guanidine groups is 1. The lowest BCUT2D eigenvalue weighted by atomic mass is 9.96. The fourth-order valence-electron chi connectivity index (χ4n) is 2.85. The predicted octanol–water partition coefficient (Wildman–Crippen LogP) is 3.45. The molecule has 21 heavy (non-hydrogen) atoms. The van der Waals surface area contributed by atoms with Crippen molar-refractivity contribution in [2.75, 3.05) is 11.4 Å². The monoisotopic (exact) mass is 288 g/mol. The van der Waals surface area contributed by atoms with E-state index in [1.165, 1.54) is 32.1 Å². The summed E-state index contributed by atoms with van der Waals surface area (Å²) < 4.78 is 0. The summed E-state index contributed by atoms with van der Waals surface area (Å²) in [7, 11) is 0. The third-order valence-electron chi connectivity index (χ3n) is 4.07. The van der Waals surface area contributed by atoms with Gasteiger partial charge in [0, 0.05) is 12.2 Å². The second kappa shape index (κ2) is 8.67. The maximum atomic E-state index is 5.78. The molecule has 4 heteroatoms. The quantitative estimate of drug-likeness (QED) is 0.378. The highest BCUT2D eigenvalue weighted by atomic mass is 15.4. The summed E-state index contributed by atoms with van der Waals surface area (Å²) in [6, 6.07) is 10.8. The van der Waals surface area contributed by atoms with Crippen molar-refractivity contribution in [1.82, 2.24) is 5.43 Å². The Morgan fingerprint density at radius 2 is 1.95 bits per heavy atom. The lowest BCUT2D eigenvalue weighted by molar-refractivity contribution is 0.441. The Morgan fingerprint density at radius 1 is 1.24 bits per heavy atom. The van der Waals surface area contributed by atoms with E-state index in [0.29, 0.717) is 6.04 Å². The Morgan fingerprint density at radius 3 is 2.57 bits per heavy atom. The number of nitrogens with two attached hydrogens (primary N) is 1. The minimum absolute atomic E-state index is 0.414. The van der Waals surface area contributed by atoms with Crippen LogP contribution in [0.5, 0.6) is 0 Å². The van der Waals surface area contributed by atoms with Gasteiger partial charge in [0.15, 0.2) is 0 Å². The van der Waals surface area contributed by atoms with Crippen molar-refractivity contribution in [3.05, 3.63) is 30.3 Å². The highest BCUT2D eigenvalue weighted by Gasteiger charge is 2.17. The van der Waals surface area contributed by atoms with Gasteiger partial charge in [0.2, 0.25) is 5.96 Å². The fourth-order valence-corrected chi connectivity index (χ4v) is 2.85. The molecule has 0 saturated heterocycles. The molecule has 116 valence electrons. The second-order valence-electron chi connectivity index (χ2n) is 5.73. The van der Waals surface area contributed by atoms with E-state index in [0.717, 1.165) is 31.0 Å². The van der Waals surface area contributed by atoms with E-state index in [4.69, 9.17) is 10.8 Å². The molecule has 0 atom stereocenters. The topological polar surface area (TPSA) is 53.6 Å². The standard InChI is InChI=1S/C17H28N4/c1-2-3-14-21(16-12-8-5-9-13-16)17(20-18)19-15-10-6-4-7-11-15/h5,8-9,12-13,15H,2-4,6-7,10-11,14,18H2,1H3,(H,19,20). The van der Waals surface area contributed by atoms with E-state index in [9.17, 15) is 0 Å². The lowest BCUT2D eigenvalue weighted by Crippen LogP contribution is -2.46. The number of hydrogen-bond donors (Lipinski definition) is 2. The summed E-state index contributed by atoms with van der Waals surface area (Å²) in [6.07, 6.45) is 8.56. The molecular weight excluding hydrogens is 260 g/mol. The summed E-state index contributed by atoms with van der Waals surface area (Å²) in [5.74, 6) is 6.58. The minimum atomic E-state index is 0.414. The summed E-state index contributed by atoms with van der Waals surface area (Å²) in [6.45, 7) is 3.15. The first kappa shape index (κ1) is 15.8. The van der Waals surface area contributed by atoms with Gasteiger partial charge in [-0.1, -0.05) is 50.8 Å². The summed E-state index contributed by atoms with van der Waals surface area (Å²) in [5.41, 5.74) is 3.98. The first-order valence-electron chi connectivity index (χ1n) is 8.22. The smallest absolute Gasteiger partial charge is 0.213 e. The second-order valence-corrected chi connectivity index (χ2v) is 5.73. The zero-order valence-corrected chi connectivity index (χ0v) is 13.1. The van der Waals surface area contributed by atoms with Gasteiger partial charge in [0.1, 0.15) is 0 Å². The Balaban J connectivity index is 2.17. The van der Waals surface area contributed by atoms with Gasteiger partial charge in [-0.25, -0.2) is 10.8 Å². The molecule has 1 fully saturated rings. The molecular formula is C17H28N4. The van der Waals surface area contributed by atoms with Crippen LogP contribution < -0.4 is 16.2 Å². The first-order valence-corrected chi connectivity index (χ1v) is 8.22. The number of anilines is 1. The molecule has 0 aliphatic heterocycles. The average molecular weight is 288 g/mol. The van der Waals surface area contributed by atoms with Crippen LogP contribution in [0.25, 0.3) is 0 Å². The summed E-state index contributed by atoms with van der Waals surface area (Å²) >= 11 is 0. The predicted molar refractivity (Wildman–Crippen MR) is 90.3 cm³/mol. The molecule has 0 radical (unpaired) electrons. The van der Waals surface area contributed by atoms with Crippen molar-refractivity contribution < 1.29 is 0 Å². The highest BCUT2D eigenvalue weighted by molar-refractivity contribution is 5.95. The highest BCUT2D eigenvalue weighted by Crippen LogP contribution is 2.21. The van der Waals surface area contributed by atoms with Gasteiger partial charge in [-0.05, 0) is 31.4 Å². The number of unbranched alkanes of at least 4 members (excludes halogenated alkanes) is 1. The first-order chi connectivity index (χ1) is 10.3. The van der Waals surface area contributed by atoms with E-state index in [2.05, 4.69) is 41.5 Å². The largest absolute Gasteiger partial charge is 0.312 e. The number of nitrogens with zero attached hydrogens (tertiary/aromatic N) is 2. The van der Waals surface area contributed by atoms with Gasteiger partial charge in [-0.3, -0.25) is 5.43 Å². The minimum Gasteiger partial charge on any atom is -0.312 e. The number of benzene rings is 1. The molecule has 2 rings (SSSR count). The maximum absolute atomic E-state index is 5.78. The van der Waals surface area contributed by atoms with Crippen molar-refractivity contribution in [3.8, 4) is 0 Å². The van der Waals surface area contributed by atoms with Crippen molar-refractivity contribution >= 4 is 11.6 Å². The number of rotatable bonds is 5. The number of hydrogen-bond acceptors (Lipinski definition) is 2. The van der Waals surface area contributed by atoms with Crippen molar-refractivity contribution in [2.24, 2.45) is 10.8 Å². The summed E-state index contributed by atoms with van der Waals surface area (Å²) in [4.78, 5) is 7.10. The van der Waals surface area contributed by atoms with Gasteiger partial charge < -0.3 is 4.90 Å². The SMILES string of the molecule is CCCCN(C(=NC1CCCCC1)NN)c1ccccc1. The zero-order chi connectivity index (χ0) is 14.9. The molecule has 1 aromatic carbocycles. The molecule has 1 aliphatic carbocycles. The van der Waals surface area contributed by atoms with Crippen LogP contribution >= 0.6 is 0 Å². The number of aliphatic imine (C=N–C) groups is 1. The fraction of sp³-hybridized carbons (Fsp3) is 0.588. The third kappa shape index (κ3) is 4.74. The summed E-state index contributed by atoms with van der Waals surface area (Å²) in [5, 5.41) is 0. The molecule has 1 aromatic rings. The molecule has 0 heterocycles. The molecule has 4 nitrogen and oxygen atoms in total. The molecule has 0 unspecified atom stereocenters. The number of hydrazine groups is 1. The Kier molecular flexibility index (Phi) is 6.54. The molecule has 1 aliphatic rings. The Hall–Kier alpha value is -1.55. The molecule has 0 aromatic heterocycles. The van der Waals surface area contributed by atoms with Crippen LogP contribution in [-0.2, 0) is 0 Å². The average Bonchev–Trinajstić information content (AvgIpc) is 2.56. The van der Waals surface area contributed by atoms with Crippen LogP contribution in [0, 0.1) is 0 Å². The molecule has 0 bridgehead atoms. The van der Waals surface area contributed by atoms with E-state index in [1.54, 1.807) is 0 Å². The van der Waals surface area contributed by atoms with Crippen molar-refractivity contribution in [1.29, 1.82) is 0 Å². The van der Waals surface area contributed by atoms with Crippen LogP contribution in [0.3, 0.4) is 0 Å². The third-order valence-corrected chi connectivity index (χ3v) is 4.07. The van der Waals surface area contributed by atoms with E-state index < -0.39 is 0 Å². The van der Waals surface area contributed by atoms with Crippen molar-refractivity contribution in [2.45, 2.75) is 57.9 Å². The van der Waals surface area contributed by atoms with Gasteiger partial charge in [0.25, 0.3) is 0 Å². The molecule has 0 amide bonds. The number of para-hydroxylation sites is 1. The molecule has 3 N–H and O–H groups in total. The van der Waals surface area contributed by atoms with Gasteiger partial charge in [-0.15, -0.1) is 0 Å². The Bertz CT molecular complexity index is 424. The van der Waals surface area contributed by atoms with Gasteiger partial charge in [0.05, 0.1) is 6.04 Å². The zero-order valence-electron chi connectivity index (χ0n) is 13.1. The van der Waals surface area contributed by atoms with E-state index in [-0.39, 0.29) is 0 Å². The van der Waals surface area contributed by atoms with E-state index in [1.807, 2.05) is 6.07 Å². The van der Waals surface area contributed by atoms with Gasteiger partial charge in [-0.2, -0.15) is 0 Å². The van der Waals surface area contributed by atoms with Gasteiger partial charge >= 0.3 is 0 Å². The molecule has 0 spiro atoms. The normalized spacial score (nSPS) is 16.8. The van der Waals surface area contributed by atoms with Crippen LogP contribution in [0.1, 0.15) is 51.9 Å². The Labute approximate surface area is 128 Å². The van der Waals surface area contributed by atoms with Crippen LogP contribution in [0.15, 0.2) is 35.3 Å². The maximum Gasteiger partial charge on any atom is 0.213 e. The van der Waals surface area contributed by atoms with Crippen LogP contribution in [0.2, 0.25) is 0 Å². The lowest BCUT2D eigenvalue weighted by Gasteiger charge is -2.28. The van der Waals surface area contributed by atoms with Crippen LogP contribution in [-0.4, -0.2) is 18.5 Å². The van der Waals surface area contributed by atoms with E-state index >= 15 is 0 Å².